The van der Waals surface area contributed by atoms with Crippen molar-refractivity contribution in [3.05, 3.63) is 12.4 Å². The lowest BCUT2D eigenvalue weighted by Crippen LogP contribution is -2.21. The van der Waals surface area contributed by atoms with Crippen LogP contribution in [0.1, 0.15) is 51.4 Å². The molecule has 2 amide bonds. The normalized spacial score (nSPS) is 10.4. The largest absolute Gasteiger partial charge is 0.477 e. The number of hydrogen-bond acceptors (Lipinski definition) is 8. The van der Waals surface area contributed by atoms with Gasteiger partial charge < -0.3 is 9.47 Å². The summed E-state index contributed by atoms with van der Waals surface area (Å²) in [6.45, 7) is 1.01. The molecule has 0 aliphatic rings. The van der Waals surface area contributed by atoms with Gasteiger partial charge in [0.1, 0.15) is 6.33 Å². The topological polar surface area (TPSA) is 121 Å². The first-order valence-corrected chi connectivity index (χ1v) is 9.37. The number of amides is 2. The van der Waals surface area contributed by atoms with E-state index in [4.69, 9.17) is 9.47 Å². The van der Waals surface area contributed by atoms with Crippen molar-refractivity contribution >= 4 is 11.8 Å². The summed E-state index contributed by atoms with van der Waals surface area (Å²) in [4.78, 5) is 39.6. The molecule has 1 aromatic rings. The minimum Gasteiger partial charge on any atom is -0.477 e. The molecule has 0 aliphatic heterocycles. The second-order valence-corrected chi connectivity index (χ2v) is 5.97. The predicted octanol–water partition coefficient (Wildman–Crippen LogP) is 1.71. The third kappa shape index (κ3) is 12.0. The van der Waals surface area contributed by atoms with E-state index in [-0.39, 0.29) is 11.8 Å². The molecule has 1 heterocycles. The fraction of sp³-hybridized carbons (Fsp3) is 0.667. The summed E-state index contributed by atoms with van der Waals surface area (Å²) in [5, 5.41) is 0. The van der Waals surface area contributed by atoms with Crippen molar-refractivity contribution < 1.29 is 28.7 Å². The quantitative estimate of drug-likeness (QED) is 0.319. The molecule has 158 valence electrons. The van der Waals surface area contributed by atoms with Gasteiger partial charge in [-0.3, -0.25) is 19.3 Å². The number of unbranched alkanes of at least 4 members (excludes halogenated alkanes) is 4. The molecule has 0 radical (unpaired) electrons. The molecule has 0 bridgehead atoms. The molecule has 10 heteroatoms. The van der Waals surface area contributed by atoms with Crippen molar-refractivity contribution in [1.82, 2.24) is 20.9 Å². The molecule has 0 aromatic carbocycles. The first-order valence-electron chi connectivity index (χ1n) is 9.37. The van der Waals surface area contributed by atoms with Crippen LogP contribution in [0.25, 0.3) is 0 Å². The van der Waals surface area contributed by atoms with Gasteiger partial charge in [-0.2, -0.15) is 0 Å². The van der Waals surface area contributed by atoms with Gasteiger partial charge in [0.05, 0.1) is 33.5 Å². The van der Waals surface area contributed by atoms with E-state index >= 15 is 0 Å². The Bertz CT molecular complexity index is 528. The van der Waals surface area contributed by atoms with Crippen LogP contribution in [0.15, 0.2) is 12.4 Å². The van der Waals surface area contributed by atoms with E-state index in [9.17, 15) is 9.59 Å². The Morgan fingerprint density at radius 2 is 1.25 bits per heavy atom. The standard InChI is InChI=1S/C18H30N4O6/c1-25-21-15(23)9-5-3-7-11-27-17-13-18(20-14-19-17)28-12-8-4-6-10-16(24)22-26-2/h13-14H,3-12H2,1-2H3,(H,21,23)(H,22,24). The van der Waals surface area contributed by atoms with Gasteiger partial charge in [-0.1, -0.05) is 0 Å². The Morgan fingerprint density at radius 3 is 1.68 bits per heavy atom. The highest BCUT2D eigenvalue weighted by Gasteiger charge is 2.03. The Balaban J connectivity index is 2.10. The predicted molar refractivity (Wildman–Crippen MR) is 100 cm³/mol. The lowest BCUT2D eigenvalue weighted by Gasteiger charge is -2.08. The van der Waals surface area contributed by atoms with Crippen LogP contribution in [0, 0.1) is 0 Å². The summed E-state index contributed by atoms with van der Waals surface area (Å²) in [6.07, 6.45) is 7.16. The van der Waals surface area contributed by atoms with Crippen LogP contribution in [0.5, 0.6) is 11.8 Å². The number of hydrogen-bond donors (Lipinski definition) is 2. The van der Waals surface area contributed by atoms with Gasteiger partial charge >= 0.3 is 0 Å². The molecule has 0 spiro atoms. The lowest BCUT2D eigenvalue weighted by molar-refractivity contribution is -0.132. The second kappa shape index (κ2) is 15.6. The summed E-state index contributed by atoms with van der Waals surface area (Å²) in [6, 6.07) is 1.65. The van der Waals surface area contributed by atoms with Gasteiger partial charge in [-0.05, 0) is 38.5 Å². The van der Waals surface area contributed by atoms with Crippen molar-refractivity contribution in [2.24, 2.45) is 0 Å². The van der Waals surface area contributed by atoms with Crippen LogP contribution in [0.2, 0.25) is 0 Å². The molecule has 2 N–H and O–H groups in total. The van der Waals surface area contributed by atoms with E-state index in [0.717, 1.165) is 38.5 Å². The molecule has 0 atom stereocenters. The SMILES string of the molecule is CONC(=O)CCCCCOc1cc(OCCCCCC(=O)NOC)ncn1. The highest BCUT2D eigenvalue weighted by atomic mass is 16.6. The minimum absolute atomic E-state index is 0.126. The number of aromatic nitrogens is 2. The zero-order chi connectivity index (χ0) is 20.5. The molecule has 0 saturated heterocycles. The smallest absolute Gasteiger partial charge is 0.243 e. The maximum Gasteiger partial charge on any atom is 0.243 e. The highest BCUT2D eigenvalue weighted by Crippen LogP contribution is 2.14. The van der Waals surface area contributed by atoms with Crippen molar-refractivity contribution in [3.63, 3.8) is 0 Å². The molecule has 0 saturated carbocycles. The summed E-state index contributed by atoms with van der Waals surface area (Å²) < 4.78 is 11.2. The average Bonchev–Trinajstić information content (AvgIpc) is 2.68. The van der Waals surface area contributed by atoms with Gasteiger partial charge in [0.25, 0.3) is 0 Å². The van der Waals surface area contributed by atoms with Crippen LogP contribution in [0.3, 0.4) is 0 Å². The molecular weight excluding hydrogens is 368 g/mol. The van der Waals surface area contributed by atoms with E-state index in [0.29, 0.717) is 37.8 Å². The molecule has 28 heavy (non-hydrogen) atoms. The van der Waals surface area contributed by atoms with Crippen LogP contribution in [-0.4, -0.2) is 49.2 Å². The van der Waals surface area contributed by atoms with E-state index < -0.39 is 0 Å². The zero-order valence-corrected chi connectivity index (χ0v) is 16.6. The third-order valence-electron chi connectivity index (χ3n) is 3.64. The Kier molecular flexibility index (Phi) is 13.1. The van der Waals surface area contributed by atoms with Crippen molar-refractivity contribution in [1.29, 1.82) is 0 Å². The minimum atomic E-state index is -0.126. The zero-order valence-electron chi connectivity index (χ0n) is 16.6. The fourth-order valence-corrected chi connectivity index (χ4v) is 2.29. The van der Waals surface area contributed by atoms with Crippen LogP contribution < -0.4 is 20.4 Å². The fourth-order valence-electron chi connectivity index (χ4n) is 2.29. The molecule has 1 aromatic heterocycles. The molecule has 10 nitrogen and oxygen atoms in total. The van der Waals surface area contributed by atoms with Gasteiger partial charge in [0.2, 0.25) is 23.6 Å². The van der Waals surface area contributed by atoms with Gasteiger partial charge in [-0.25, -0.2) is 20.9 Å². The number of nitrogens with one attached hydrogen (secondary N) is 2. The number of ether oxygens (including phenoxy) is 2. The van der Waals surface area contributed by atoms with Crippen molar-refractivity contribution in [2.75, 3.05) is 27.4 Å². The third-order valence-corrected chi connectivity index (χ3v) is 3.64. The highest BCUT2D eigenvalue weighted by molar-refractivity contribution is 5.74. The Labute approximate surface area is 165 Å². The maximum absolute atomic E-state index is 11.2. The second-order valence-electron chi connectivity index (χ2n) is 5.97. The van der Waals surface area contributed by atoms with E-state index in [2.05, 4.69) is 30.6 Å². The van der Waals surface area contributed by atoms with Gasteiger partial charge in [0.15, 0.2) is 0 Å². The van der Waals surface area contributed by atoms with E-state index in [1.165, 1.54) is 20.5 Å². The lowest BCUT2D eigenvalue weighted by atomic mass is 10.2. The van der Waals surface area contributed by atoms with Crippen LogP contribution in [0.4, 0.5) is 0 Å². The van der Waals surface area contributed by atoms with Gasteiger partial charge in [-0.15, -0.1) is 0 Å². The number of rotatable bonds is 16. The van der Waals surface area contributed by atoms with Crippen LogP contribution in [-0.2, 0) is 19.3 Å². The number of nitrogens with zero attached hydrogens (tertiary/aromatic N) is 2. The molecule has 0 aliphatic carbocycles. The molecule has 0 fully saturated rings. The maximum atomic E-state index is 11.2. The van der Waals surface area contributed by atoms with E-state index in [1.807, 2.05) is 0 Å². The summed E-state index contributed by atoms with van der Waals surface area (Å²) >= 11 is 0. The molecule has 1 rings (SSSR count). The average molecular weight is 398 g/mol. The van der Waals surface area contributed by atoms with Crippen molar-refractivity contribution in [3.8, 4) is 11.8 Å². The summed E-state index contributed by atoms with van der Waals surface area (Å²) in [5.74, 6) is 0.662. The Morgan fingerprint density at radius 1 is 0.786 bits per heavy atom. The van der Waals surface area contributed by atoms with Crippen molar-refractivity contribution in [2.45, 2.75) is 51.4 Å². The van der Waals surface area contributed by atoms with E-state index in [1.54, 1.807) is 6.07 Å². The first kappa shape index (κ1) is 23.6. The molecule has 0 unspecified atom stereocenters. The Hall–Kier alpha value is -2.46. The van der Waals surface area contributed by atoms with Gasteiger partial charge in [0, 0.05) is 12.8 Å². The number of carbonyl (C=O) groups is 2. The molecular formula is C18H30N4O6. The summed E-state index contributed by atoms with van der Waals surface area (Å²) in [7, 11) is 2.82. The monoisotopic (exact) mass is 398 g/mol. The van der Waals surface area contributed by atoms with Crippen LogP contribution >= 0.6 is 0 Å². The first-order chi connectivity index (χ1) is 13.7. The number of hydroxylamine groups is 2. The number of carbonyl (C=O) groups excluding carboxylic acids is 2. The summed E-state index contributed by atoms with van der Waals surface area (Å²) in [5.41, 5.74) is 4.57.